The van der Waals surface area contributed by atoms with Crippen molar-refractivity contribution in [3.63, 3.8) is 0 Å². The van der Waals surface area contributed by atoms with Crippen LogP contribution < -0.4 is 25.1 Å². The topological polar surface area (TPSA) is 91.7 Å². The number of aromatic nitrogens is 2. The third-order valence-electron chi connectivity index (χ3n) is 5.23. The number of benzene rings is 3. The molecule has 0 aliphatic heterocycles. The number of rotatable bonds is 6. The number of carbonyl (C=O) groups excluding carboxylic acids is 1. The van der Waals surface area contributed by atoms with E-state index in [9.17, 15) is 9.59 Å². The Morgan fingerprint density at radius 1 is 0.909 bits per heavy atom. The summed E-state index contributed by atoms with van der Waals surface area (Å²) < 4.78 is 17.5. The average Bonchev–Trinajstić information content (AvgIpc) is 2.83. The Labute approximate surface area is 190 Å². The predicted molar refractivity (Wildman–Crippen MR) is 126 cm³/mol. The Morgan fingerprint density at radius 2 is 1.61 bits per heavy atom. The van der Waals surface area contributed by atoms with E-state index in [1.54, 1.807) is 55.5 Å². The minimum Gasteiger partial charge on any atom is -0.493 e. The lowest BCUT2D eigenvalue weighted by Gasteiger charge is -2.15. The van der Waals surface area contributed by atoms with Crippen LogP contribution in [0.5, 0.6) is 17.2 Å². The molecule has 1 N–H and O–H groups in total. The Balaban J connectivity index is 1.70. The number of fused-ring (bicyclic) bond motifs is 1. The second-order valence-electron chi connectivity index (χ2n) is 7.24. The van der Waals surface area contributed by atoms with Crippen LogP contribution in [-0.4, -0.2) is 36.8 Å². The molecule has 3 aromatic carbocycles. The molecule has 0 saturated carbocycles. The van der Waals surface area contributed by atoms with Crippen molar-refractivity contribution < 1.29 is 19.0 Å². The summed E-state index contributed by atoms with van der Waals surface area (Å²) in [5.74, 6) is 1.33. The van der Waals surface area contributed by atoms with Gasteiger partial charge in [0.05, 0.1) is 37.9 Å². The fourth-order valence-electron chi connectivity index (χ4n) is 3.69. The summed E-state index contributed by atoms with van der Waals surface area (Å²) in [4.78, 5) is 30.6. The van der Waals surface area contributed by atoms with E-state index in [1.165, 1.54) is 25.9 Å². The minimum atomic E-state index is -0.368. The highest BCUT2D eigenvalue weighted by molar-refractivity contribution is 6.05. The molecule has 8 heteroatoms. The van der Waals surface area contributed by atoms with Gasteiger partial charge in [0.25, 0.3) is 11.5 Å². The molecule has 0 fully saturated rings. The van der Waals surface area contributed by atoms with Gasteiger partial charge in [0.15, 0.2) is 11.5 Å². The van der Waals surface area contributed by atoms with E-state index < -0.39 is 0 Å². The van der Waals surface area contributed by atoms with Crippen molar-refractivity contribution >= 4 is 22.5 Å². The van der Waals surface area contributed by atoms with E-state index in [2.05, 4.69) is 10.3 Å². The lowest BCUT2D eigenvalue weighted by atomic mass is 10.1. The van der Waals surface area contributed by atoms with Gasteiger partial charge < -0.3 is 19.5 Å². The molecule has 4 aromatic rings. The van der Waals surface area contributed by atoms with Gasteiger partial charge in [-0.15, -0.1) is 0 Å². The molecule has 0 bridgehead atoms. The van der Waals surface area contributed by atoms with Gasteiger partial charge in [-0.25, -0.2) is 4.98 Å². The molecule has 0 unspecified atom stereocenters. The van der Waals surface area contributed by atoms with Crippen LogP contribution in [0.2, 0.25) is 0 Å². The number of nitrogens with one attached hydrogen (secondary N) is 1. The minimum absolute atomic E-state index is 0.175. The van der Waals surface area contributed by atoms with Crippen LogP contribution >= 0.6 is 0 Å². The Bertz CT molecular complexity index is 1390. The van der Waals surface area contributed by atoms with Gasteiger partial charge in [-0.05, 0) is 49.4 Å². The maximum Gasteiger partial charge on any atom is 0.265 e. The van der Waals surface area contributed by atoms with Crippen LogP contribution in [0.15, 0.2) is 65.5 Å². The van der Waals surface area contributed by atoms with Crippen molar-refractivity contribution in [1.82, 2.24) is 9.55 Å². The molecule has 1 aromatic heterocycles. The summed E-state index contributed by atoms with van der Waals surface area (Å²) in [6.45, 7) is 1.77. The molecule has 0 atom stereocenters. The zero-order chi connectivity index (χ0) is 23.5. The Kier molecular flexibility index (Phi) is 5.99. The SMILES string of the molecule is COc1cc(C(=O)Nc2cccc(-n3c(C)nc4ccccc4c3=O)c2)cc(OC)c1OC. The zero-order valence-corrected chi connectivity index (χ0v) is 18.7. The van der Waals surface area contributed by atoms with Crippen LogP contribution in [0.4, 0.5) is 5.69 Å². The standard InChI is InChI=1S/C25H23N3O5/c1-15-26-20-11-6-5-10-19(20)25(30)28(15)18-9-7-8-17(14-18)27-24(29)16-12-21(31-2)23(33-4)22(13-16)32-3/h5-14H,1-4H3,(H,27,29). The van der Waals surface area contributed by atoms with E-state index in [-0.39, 0.29) is 11.5 Å². The normalized spacial score (nSPS) is 10.7. The molecule has 168 valence electrons. The molecule has 0 aliphatic carbocycles. The number of methoxy groups -OCH3 is 3. The number of carbonyl (C=O) groups is 1. The molecule has 1 amide bonds. The molecule has 4 rings (SSSR count). The third-order valence-corrected chi connectivity index (χ3v) is 5.23. The average molecular weight is 445 g/mol. The number of amides is 1. The van der Waals surface area contributed by atoms with Crippen LogP contribution in [0, 0.1) is 6.92 Å². The smallest absolute Gasteiger partial charge is 0.265 e. The first-order chi connectivity index (χ1) is 16.0. The Morgan fingerprint density at radius 3 is 2.27 bits per heavy atom. The van der Waals surface area contributed by atoms with Gasteiger partial charge in [-0.2, -0.15) is 0 Å². The van der Waals surface area contributed by atoms with E-state index >= 15 is 0 Å². The monoisotopic (exact) mass is 445 g/mol. The van der Waals surface area contributed by atoms with Gasteiger partial charge >= 0.3 is 0 Å². The van der Waals surface area contributed by atoms with Crippen molar-refractivity contribution in [3.05, 3.63) is 82.4 Å². The van der Waals surface area contributed by atoms with Gasteiger partial charge in [0, 0.05) is 11.3 Å². The van der Waals surface area contributed by atoms with Gasteiger partial charge in [-0.3, -0.25) is 14.2 Å². The first-order valence-electron chi connectivity index (χ1n) is 10.2. The fraction of sp³-hybridized carbons (Fsp3) is 0.160. The lowest BCUT2D eigenvalue weighted by molar-refractivity contribution is 0.102. The highest BCUT2D eigenvalue weighted by atomic mass is 16.5. The molecular weight excluding hydrogens is 422 g/mol. The maximum atomic E-state index is 13.1. The summed E-state index contributed by atoms with van der Waals surface area (Å²) in [5, 5.41) is 3.38. The van der Waals surface area contributed by atoms with Crippen molar-refractivity contribution in [2.24, 2.45) is 0 Å². The van der Waals surface area contributed by atoms with Crippen molar-refractivity contribution in [2.75, 3.05) is 26.6 Å². The van der Waals surface area contributed by atoms with E-state index in [1.807, 2.05) is 12.1 Å². The second kappa shape index (κ2) is 9.04. The van der Waals surface area contributed by atoms with E-state index in [0.29, 0.717) is 50.9 Å². The van der Waals surface area contributed by atoms with Gasteiger partial charge in [-0.1, -0.05) is 18.2 Å². The summed E-state index contributed by atoms with van der Waals surface area (Å²) in [6.07, 6.45) is 0. The van der Waals surface area contributed by atoms with E-state index in [4.69, 9.17) is 14.2 Å². The first kappa shape index (κ1) is 21.9. The predicted octanol–water partition coefficient (Wildman–Crippen LogP) is 3.97. The Hall–Kier alpha value is -4.33. The van der Waals surface area contributed by atoms with Crippen molar-refractivity contribution in [2.45, 2.75) is 6.92 Å². The number of ether oxygens (including phenoxy) is 3. The highest BCUT2D eigenvalue weighted by Gasteiger charge is 2.17. The van der Waals surface area contributed by atoms with Crippen molar-refractivity contribution in [1.29, 1.82) is 0 Å². The molecular formula is C25H23N3O5. The summed E-state index contributed by atoms with van der Waals surface area (Å²) in [5.41, 5.74) is 1.91. The molecule has 8 nitrogen and oxygen atoms in total. The second-order valence-corrected chi connectivity index (χ2v) is 7.24. The molecule has 0 aliphatic rings. The summed E-state index contributed by atoms with van der Waals surface area (Å²) >= 11 is 0. The molecule has 0 saturated heterocycles. The number of hydrogen-bond donors (Lipinski definition) is 1. The molecule has 0 spiro atoms. The first-order valence-corrected chi connectivity index (χ1v) is 10.2. The number of aryl methyl sites for hydroxylation is 1. The maximum absolute atomic E-state index is 13.1. The van der Waals surface area contributed by atoms with Gasteiger partial charge in [0.2, 0.25) is 5.75 Å². The van der Waals surface area contributed by atoms with Gasteiger partial charge in [0.1, 0.15) is 5.82 Å². The highest BCUT2D eigenvalue weighted by Crippen LogP contribution is 2.38. The van der Waals surface area contributed by atoms with Crippen LogP contribution in [-0.2, 0) is 0 Å². The third kappa shape index (κ3) is 4.10. The molecule has 1 heterocycles. The van der Waals surface area contributed by atoms with Crippen LogP contribution in [0.3, 0.4) is 0 Å². The summed E-state index contributed by atoms with van der Waals surface area (Å²) in [7, 11) is 4.47. The fourth-order valence-corrected chi connectivity index (χ4v) is 3.69. The van der Waals surface area contributed by atoms with Crippen molar-refractivity contribution in [3.8, 4) is 22.9 Å². The van der Waals surface area contributed by atoms with E-state index in [0.717, 1.165) is 0 Å². The number of para-hydroxylation sites is 1. The quantitative estimate of drug-likeness (QED) is 0.483. The zero-order valence-electron chi connectivity index (χ0n) is 18.7. The number of hydrogen-bond acceptors (Lipinski definition) is 6. The number of nitrogens with zero attached hydrogens (tertiary/aromatic N) is 2. The van der Waals surface area contributed by atoms with Crippen LogP contribution in [0.1, 0.15) is 16.2 Å². The number of anilines is 1. The summed E-state index contributed by atoms with van der Waals surface area (Å²) in [6, 6.07) is 17.4. The lowest BCUT2D eigenvalue weighted by Crippen LogP contribution is -2.22. The molecule has 0 radical (unpaired) electrons. The largest absolute Gasteiger partial charge is 0.493 e. The van der Waals surface area contributed by atoms with Crippen LogP contribution in [0.25, 0.3) is 16.6 Å². The molecule has 33 heavy (non-hydrogen) atoms.